The zero-order chi connectivity index (χ0) is 14.8. The van der Waals surface area contributed by atoms with Crippen molar-refractivity contribution in [2.24, 2.45) is 0 Å². The van der Waals surface area contributed by atoms with E-state index in [-0.39, 0.29) is 5.69 Å². The van der Waals surface area contributed by atoms with Crippen LogP contribution in [0.1, 0.15) is 0 Å². The predicted octanol–water partition coefficient (Wildman–Crippen LogP) is 0.881. The summed E-state index contributed by atoms with van der Waals surface area (Å²) in [7, 11) is -0.845. The van der Waals surface area contributed by atoms with Gasteiger partial charge in [-0.15, -0.1) is 0 Å². The summed E-state index contributed by atoms with van der Waals surface area (Å²) in [5.41, 5.74) is 0.890. The molecule has 1 saturated heterocycles. The monoisotopic (exact) mass is 303 g/mol. The molecule has 0 amide bonds. The van der Waals surface area contributed by atoms with Crippen molar-refractivity contribution in [3.05, 3.63) is 24.0 Å². The van der Waals surface area contributed by atoms with Gasteiger partial charge in [0.2, 0.25) is 0 Å². The van der Waals surface area contributed by atoms with Crippen molar-refractivity contribution in [1.82, 2.24) is 4.31 Å². The van der Waals surface area contributed by atoms with Gasteiger partial charge < -0.3 is 9.64 Å². The molecule has 112 valence electrons. The Hall–Kier alpha value is -1.38. The maximum Gasteiger partial charge on any atom is 0.301 e. The molecule has 0 atom stereocenters. The fourth-order valence-corrected chi connectivity index (χ4v) is 2.52. The molecule has 0 unspecified atom stereocenters. The zero-order valence-electron chi connectivity index (χ0n) is 11.5. The Kier molecular flexibility index (Phi) is 4.46. The molecule has 0 radical (unpaired) electrons. The largest absolute Gasteiger partial charge is 0.378 e. The Morgan fingerprint density at radius 2 is 1.95 bits per heavy atom. The van der Waals surface area contributed by atoms with E-state index in [4.69, 9.17) is 4.74 Å². The van der Waals surface area contributed by atoms with Crippen molar-refractivity contribution in [2.45, 2.75) is 0 Å². The van der Waals surface area contributed by atoms with Gasteiger partial charge in [0.25, 0.3) is 0 Å². The van der Waals surface area contributed by atoms with Crippen LogP contribution in [0.4, 0.5) is 15.8 Å². The highest BCUT2D eigenvalue weighted by molar-refractivity contribution is 7.90. The van der Waals surface area contributed by atoms with Gasteiger partial charge in [0.05, 0.1) is 24.6 Å². The Morgan fingerprint density at radius 1 is 1.30 bits per heavy atom. The molecule has 1 aromatic rings. The van der Waals surface area contributed by atoms with Gasteiger partial charge in [-0.3, -0.25) is 4.72 Å². The first-order chi connectivity index (χ1) is 9.40. The molecule has 0 aromatic heterocycles. The molecule has 8 heteroatoms. The number of hydrogen-bond acceptors (Lipinski definition) is 4. The van der Waals surface area contributed by atoms with Crippen LogP contribution in [0, 0.1) is 5.82 Å². The highest BCUT2D eigenvalue weighted by Gasteiger charge is 2.20. The molecule has 0 saturated carbocycles. The molecule has 1 aliphatic rings. The fraction of sp³-hybridized carbons (Fsp3) is 0.500. The van der Waals surface area contributed by atoms with E-state index in [2.05, 4.69) is 4.72 Å². The van der Waals surface area contributed by atoms with Crippen LogP contribution in [0.25, 0.3) is 0 Å². The number of anilines is 2. The fourth-order valence-electron chi connectivity index (χ4n) is 1.90. The van der Waals surface area contributed by atoms with E-state index >= 15 is 0 Å². The third-order valence-corrected chi connectivity index (χ3v) is 4.47. The van der Waals surface area contributed by atoms with Gasteiger partial charge in [0.15, 0.2) is 0 Å². The summed E-state index contributed by atoms with van der Waals surface area (Å²) in [5.74, 6) is -0.488. The average Bonchev–Trinajstić information content (AvgIpc) is 2.39. The van der Waals surface area contributed by atoms with Crippen LogP contribution in [-0.2, 0) is 14.9 Å². The van der Waals surface area contributed by atoms with Crippen LogP contribution >= 0.6 is 0 Å². The standard InChI is InChI=1S/C12H18FN3O3S/c1-15(2)20(17,18)14-11-9-10(13)3-4-12(11)16-5-7-19-8-6-16/h3-4,9,14H,5-8H2,1-2H3. The third kappa shape index (κ3) is 3.38. The Bertz CT molecular complexity index is 571. The number of ether oxygens (including phenoxy) is 1. The van der Waals surface area contributed by atoms with Gasteiger partial charge in [-0.2, -0.15) is 12.7 Å². The van der Waals surface area contributed by atoms with Gasteiger partial charge in [-0.05, 0) is 12.1 Å². The molecule has 1 N–H and O–H groups in total. The molecule has 0 spiro atoms. The third-order valence-electron chi connectivity index (χ3n) is 3.03. The quantitative estimate of drug-likeness (QED) is 0.897. The number of nitrogens with one attached hydrogen (secondary N) is 1. The second-order valence-electron chi connectivity index (χ2n) is 4.65. The molecule has 1 heterocycles. The van der Waals surface area contributed by atoms with Crippen LogP contribution in [-0.4, -0.2) is 53.1 Å². The number of halogens is 1. The minimum Gasteiger partial charge on any atom is -0.378 e. The number of nitrogens with zero attached hydrogens (tertiary/aromatic N) is 2. The lowest BCUT2D eigenvalue weighted by Crippen LogP contribution is -2.37. The number of rotatable bonds is 4. The van der Waals surface area contributed by atoms with Crippen molar-refractivity contribution >= 4 is 21.6 Å². The van der Waals surface area contributed by atoms with Crippen LogP contribution in [0.3, 0.4) is 0 Å². The molecule has 0 bridgehead atoms. The number of hydrogen-bond donors (Lipinski definition) is 1. The molecule has 20 heavy (non-hydrogen) atoms. The van der Waals surface area contributed by atoms with E-state index in [1.807, 2.05) is 4.90 Å². The lowest BCUT2D eigenvalue weighted by atomic mass is 10.2. The van der Waals surface area contributed by atoms with Crippen molar-refractivity contribution in [2.75, 3.05) is 50.0 Å². The SMILES string of the molecule is CN(C)S(=O)(=O)Nc1cc(F)ccc1N1CCOCC1. The summed E-state index contributed by atoms with van der Waals surface area (Å²) in [5, 5.41) is 0. The van der Waals surface area contributed by atoms with E-state index in [0.717, 1.165) is 4.31 Å². The van der Waals surface area contributed by atoms with Gasteiger partial charge in [-0.25, -0.2) is 4.39 Å². The topological polar surface area (TPSA) is 61.9 Å². The minimum atomic E-state index is -3.67. The molecular formula is C12H18FN3O3S. The Balaban J connectivity index is 2.33. The van der Waals surface area contributed by atoms with E-state index < -0.39 is 16.0 Å². The first-order valence-corrected chi connectivity index (χ1v) is 7.66. The average molecular weight is 303 g/mol. The van der Waals surface area contributed by atoms with Crippen molar-refractivity contribution in [1.29, 1.82) is 0 Å². The summed E-state index contributed by atoms with van der Waals surface area (Å²) in [4.78, 5) is 1.97. The minimum absolute atomic E-state index is 0.237. The molecule has 1 aliphatic heterocycles. The van der Waals surface area contributed by atoms with E-state index in [1.165, 1.54) is 26.2 Å². The van der Waals surface area contributed by atoms with E-state index in [0.29, 0.717) is 32.0 Å². The van der Waals surface area contributed by atoms with Crippen molar-refractivity contribution in [3.63, 3.8) is 0 Å². The molecule has 2 rings (SSSR count). The zero-order valence-corrected chi connectivity index (χ0v) is 12.3. The summed E-state index contributed by atoms with van der Waals surface area (Å²) in [6, 6.07) is 4.08. The van der Waals surface area contributed by atoms with Crippen molar-refractivity contribution < 1.29 is 17.5 Å². The van der Waals surface area contributed by atoms with Gasteiger partial charge in [-0.1, -0.05) is 0 Å². The lowest BCUT2D eigenvalue weighted by molar-refractivity contribution is 0.123. The first-order valence-electron chi connectivity index (χ1n) is 6.22. The second kappa shape index (κ2) is 5.94. The van der Waals surface area contributed by atoms with Crippen LogP contribution in [0.2, 0.25) is 0 Å². The van der Waals surface area contributed by atoms with Crippen LogP contribution in [0.5, 0.6) is 0 Å². The second-order valence-corrected chi connectivity index (χ2v) is 6.53. The molecule has 6 nitrogen and oxygen atoms in total. The Morgan fingerprint density at radius 3 is 2.55 bits per heavy atom. The van der Waals surface area contributed by atoms with Gasteiger partial charge >= 0.3 is 10.2 Å². The molecule has 1 fully saturated rings. The van der Waals surface area contributed by atoms with Crippen LogP contribution < -0.4 is 9.62 Å². The Labute approximate surface area is 118 Å². The normalized spacial score (nSPS) is 16.5. The van der Waals surface area contributed by atoms with Gasteiger partial charge in [0.1, 0.15) is 5.82 Å². The summed E-state index contributed by atoms with van der Waals surface area (Å²) < 4.78 is 45.9. The summed E-state index contributed by atoms with van der Waals surface area (Å²) >= 11 is 0. The van der Waals surface area contributed by atoms with Gasteiger partial charge in [0, 0.05) is 33.3 Å². The number of benzene rings is 1. The predicted molar refractivity (Wildman–Crippen MR) is 75.7 cm³/mol. The lowest BCUT2D eigenvalue weighted by Gasteiger charge is -2.30. The molecular weight excluding hydrogens is 285 g/mol. The summed E-state index contributed by atoms with van der Waals surface area (Å²) in [6.07, 6.45) is 0. The van der Waals surface area contributed by atoms with E-state index in [1.54, 1.807) is 6.07 Å². The molecule has 0 aliphatic carbocycles. The van der Waals surface area contributed by atoms with Crippen molar-refractivity contribution in [3.8, 4) is 0 Å². The first kappa shape index (κ1) is 15.0. The smallest absolute Gasteiger partial charge is 0.301 e. The summed E-state index contributed by atoms with van der Waals surface area (Å²) in [6.45, 7) is 2.42. The maximum atomic E-state index is 13.4. The van der Waals surface area contributed by atoms with Crippen LogP contribution in [0.15, 0.2) is 18.2 Å². The highest BCUT2D eigenvalue weighted by Crippen LogP contribution is 2.28. The molecule has 1 aromatic carbocycles. The number of morpholine rings is 1. The van der Waals surface area contributed by atoms with E-state index in [9.17, 15) is 12.8 Å². The highest BCUT2D eigenvalue weighted by atomic mass is 32.2. The maximum absolute atomic E-state index is 13.4.